The van der Waals surface area contributed by atoms with Crippen molar-refractivity contribution in [3.63, 3.8) is 0 Å². The molecule has 2 aromatic heterocycles. The van der Waals surface area contributed by atoms with Gasteiger partial charge in [0.2, 0.25) is 0 Å². The standard InChI is InChI=1S/C20H24N4O2/c1-22-12-9-21-19(22)18(25)14-7-10-24(11-8-14)20(26)16-13-23(2)17-6-4-3-5-15(16)17/h3-6,9,12-14,18,25H,7-8,10-11H2,1-2H3. The molecule has 6 nitrogen and oxygen atoms in total. The van der Waals surface area contributed by atoms with Crippen molar-refractivity contribution in [3.8, 4) is 0 Å². The highest BCUT2D eigenvalue weighted by molar-refractivity contribution is 6.07. The van der Waals surface area contributed by atoms with E-state index < -0.39 is 6.10 Å². The lowest BCUT2D eigenvalue weighted by Crippen LogP contribution is -2.40. The average Bonchev–Trinajstić information content (AvgIpc) is 3.24. The number of aromatic nitrogens is 3. The number of fused-ring (bicyclic) bond motifs is 1. The van der Waals surface area contributed by atoms with E-state index in [-0.39, 0.29) is 11.8 Å². The molecule has 1 aliphatic heterocycles. The van der Waals surface area contributed by atoms with Crippen molar-refractivity contribution < 1.29 is 9.90 Å². The molecule has 6 heteroatoms. The highest BCUT2D eigenvalue weighted by Crippen LogP contribution is 2.31. The van der Waals surface area contributed by atoms with Crippen LogP contribution in [0.25, 0.3) is 10.9 Å². The Hall–Kier alpha value is -2.60. The molecule has 136 valence electrons. The summed E-state index contributed by atoms with van der Waals surface area (Å²) in [5, 5.41) is 11.6. The lowest BCUT2D eigenvalue weighted by atomic mass is 9.90. The van der Waals surface area contributed by atoms with Gasteiger partial charge in [-0.05, 0) is 24.8 Å². The van der Waals surface area contributed by atoms with Crippen LogP contribution in [0.1, 0.15) is 35.1 Å². The van der Waals surface area contributed by atoms with E-state index in [4.69, 9.17) is 0 Å². The Morgan fingerprint density at radius 3 is 2.62 bits per heavy atom. The molecule has 0 aliphatic carbocycles. The summed E-state index contributed by atoms with van der Waals surface area (Å²) in [6.07, 6.45) is 6.46. The number of carbonyl (C=O) groups excluding carboxylic acids is 1. The Labute approximate surface area is 152 Å². The van der Waals surface area contributed by atoms with Crippen LogP contribution in [0.3, 0.4) is 0 Å². The first-order valence-corrected chi connectivity index (χ1v) is 9.05. The van der Waals surface area contributed by atoms with E-state index in [0.29, 0.717) is 18.9 Å². The third-order valence-electron chi connectivity index (χ3n) is 5.52. The van der Waals surface area contributed by atoms with Crippen LogP contribution in [-0.2, 0) is 14.1 Å². The summed E-state index contributed by atoms with van der Waals surface area (Å²) in [5.74, 6) is 0.906. The van der Waals surface area contributed by atoms with Gasteiger partial charge in [-0.1, -0.05) is 18.2 Å². The normalized spacial score (nSPS) is 17.0. The zero-order valence-corrected chi connectivity index (χ0v) is 15.2. The summed E-state index contributed by atoms with van der Waals surface area (Å²) in [6.45, 7) is 1.32. The lowest BCUT2D eigenvalue weighted by molar-refractivity contribution is 0.0421. The van der Waals surface area contributed by atoms with Crippen LogP contribution in [-0.4, -0.2) is 43.1 Å². The van der Waals surface area contributed by atoms with Gasteiger partial charge < -0.3 is 19.1 Å². The SMILES string of the molecule is Cn1ccnc1C(O)C1CCN(C(=O)c2cn(C)c3ccccc23)CC1. The number of nitrogens with zero attached hydrogens (tertiary/aromatic N) is 4. The van der Waals surface area contributed by atoms with E-state index in [2.05, 4.69) is 4.98 Å². The zero-order valence-electron chi connectivity index (χ0n) is 15.2. The number of imidazole rings is 1. The number of hydrogen-bond donors (Lipinski definition) is 1. The molecule has 0 spiro atoms. The van der Waals surface area contributed by atoms with Gasteiger partial charge in [0.1, 0.15) is 11.9 Å². The summed E-state index contributed by atoms with van der Waals surface area (Å²) < 4.78 is 3.86. The van der Waals surface area contributed by atoms with E-state index in [1.165, 1.54) is 0 Å². The van der Waals surface area contributed by atoms with Gasteiger partial charge in [-0.2, -0.15) is 0 Å². The third-order valence-corrected chi connectivity index (χ3v) is 5.52. The van der Waals surface area contributed by atoms with Crippen molar-refractivity contribution >= 4 is 16.8 Å². The summed E-state index contributed by atoms with van der Waals surface area (Å²) in [5.41, 5.74) is 1.82. The van der Waals surface area contributed by atoms with Gasteiger partial charge >= 0.3 is 0 Å². The molecule has 3 heterocycles. The Morgan fingerprint density at radius 2 is 1.92 bits per heavy atom. The van der Waals surface area contributed by atoms with Gasteiger partial charge in [0.25, 0.3) is 5.91 Å². The minimum Gasteiger partial charge on any atom is -0.385 e. The molecule has 3 aromatic rings. The van der Waals surface area contributed by atoms with Crippen molar-refractivity contribution in [2.45, 2.75) is 18.9 Å². The lowest BCUT2D eigenvalue weighted by Gasteiger charge is -2.34. The topological polar surface area (TPSA) is 63.3 Å². The monoisotopic (exact) mass is 352 g/mol. The van der Waals surface area contributed by atoms with Crippen LogP contribution in [0.5, 0.6) is 0 Å². The van der Waals surface area contributed by atoms with Gasteiger partial charge in [-0.15, -0.1) is 0 Å². The second kappa shape index (κ2) is 6.61. The highest BCUT2D eigenvalue weighted by atomic mass is 16.3. The number of rotatable bonds is 3. The minimum atomic E-state index is -0.579. The number of piperidine rings is 1. The summed E-state index contributed by atoms with van der Waals surface area (Å²) >= 11 is 0. The van der Waals surface area contributed by atoms with Crippen LogP contribution in [0.15, 0.2) is 42.9 Å². The number of aliphatic hydroxyl groups is 1. The van der Waals surface area contributed by atoms with Crippen LogP contribution in [0.2, 0.25) is 0 Å². The van der Waals surface area contributed by atoms with E-state index in [9.17, 15) is 9.90 Å². The molecule has 1 unspecified atom stereocenters. The number of para-hydroxylation sites is 1. The molecular weight excluding hydrogens is 328 g/mol. The summed E-state index contributed by atoms with van der Waals surface area (Å²) in [6, 6.07) is 7.98. The zero-order chi connectivity index (χ0) is 18.3. The van der Waals surface area contributed by atoms with Crippen molar-refractivity contribution in [3.05, 3.63) is 54.2 Å². The van der Waals surface area contributed by atoms with Gasteiger partial charge in [0.15, 0.2) is 0 Å². The molecule has 0 bridgehead atoms. The van der Waals surface area contributed by atoms with Gasteiger partial charge in [-0.25, -0.2) is 4.98 Å². The molecule has 1 aromatic carbocycles. The van der Waals surface area contributed by atoms with Crippen LogP contribution >= 0.6 is 0 Å². The van der Waals surface area contributed by atoms with Crippen LogP contribution in [0.4, 0.5) is 0 Å². The maximum absolute atomic E-state index is 13.0. The fourth-order valence-electron chi connectivity index (χ4n) is 3.97. The van der Waals surface area contributed by atoms with Crippen molar-refractivity contribution in [2.75, 3.05) is 13.1 Å². The maximum atomic E-state index is 13.0. The average molecular weight is 352 g/mol. The van der Waals surface area contributed by atoms with E-state index in [1.54, 1.807) is 6.20 Å². The van der Waals surface area contributed by atoms with Crippen molar-refractivity contribution in [2.24, 2.45) is 20.0 Å². The van der Waals surface area contributed by atoms with Crippen molar-refractivity contribution in [1.29, 1.82) is 0 Å². The smallest absolute Gasteiger partial charge is 0.256 e. The molecule has 26 heavy (non-hydrogen) atoms. The minimum absolute atomic E-state index is 0.0757. The highest BCUT2D eigenvalue weighted by Gasteiger charge is 2.31. The number of hydrogen-bond acceptors (Lipinski definition) is 3. The first-order valence-electron chi connectivity index (χ1n) is 9.05. The molecule has 1 saturated heterocycles. The predicted molar refractivity (Wildman–Crippen MR) is 99.7 cm³/mol. The van der Waals surface area contributed by atoms with Gasteiger partial charge in [-0.3, -0.25) is 4.79 Å². The van der Waals surface area contributed by atoms with E-state index in [0.717, 1.165) is 29.3 Å². The van der Waals surface area contributed by atoms with E-state index in [1.807, 2.05) is 64.8 Å². The first kappa shape index (κ1) is 16.8. The van der Waals surface area contributed by atoms with Crippen molar-refractivity contribution in [1.82, 2.24) is 19.0 Å². The number of benzene rings is 1. The maximum Gasteiger partial charge on any atom is 0.256 e. The summed E-state index contributed by atoms with van der Waals surface area (Å²) in [4.78, 5) is 19.2. The molecular formula is C20H24N4O2. The molecule has 1 aliphatic rings. The van der Waals surface area contributed by atoms with Crippen LogP contribution in [0, 0.1) is 5.92 Å². The summed E-state index contributed by atoms with van der Waals surface area (Å²) in [7, 11) is 3.86. The molecule has 1 amide bonds. The van der Waals surface area contributed by atoms with Gasteiger partial charge in [0, 0.05) is 56.7 Å². The quantitative estimate of drug-likeness (QED) is 0.788. The molecule has 1 fully saturated rings. The number of aliphatic hydroxyl groups excluding tert-OH is 1. The van der Waals surface area contributed by atoms with Gasteiger partial charge in [0.05, 0.1) is 5.56 Å². The van der Waals surface area contributed by atoms with Crippen LogP contribution < -0.4 is 0 Å². The first-order chi connectivity index (χ1) is 12.6. The largest absolute Gasteiger partial charge is 0.385 e. The molecule has 4 rings (SSSR count). The Balaban J connectivity index is 1.47. The molecule has 0 radical (unpaired) electrons. The Morgan fingerprint density at radius 1 is 1.19 bits per heavy atom. The predicted octanol–water partition coefficient (Wildman–Crippen LogP) is 2.50. The second-order valence-corrected chi connectivity index (χ2v) is 7.14. The second-order valence-electron chi connectivity index (χ2n) is 7.14. The van der Waals surface area contributed by atoms with E-state index >= 15 is 0 Å². The number of amides is 1. The third kappa shape index (κ3) is 2.80. The number of likely N-dealkylation sites (tertiary alicyclic amines) is 1. The molecule has 0 saturated carbocycles. The molecule has 1 N–H and O–H groups in total. The Kier molecular flexibility index (Phi) is 4.28. The fraction of sp³-hybridized carbons (Fsp3) is 0.400. The number of carbonyl (C=O) groups is 1. The fourth-order valence-corrected chi connectivity index (χ4v) is 3.97. The number of aryl methyl sites for hydroxylation is 2. The Bertz CT molecular complexity index is 934. The molecule has 1 atom stereocenters.